The van der Waals surface area contributed by atoms with Crippen LogP contribution in [0.4, 0.5) is 4.39 Å². The van der Waals surface area contributed by atoms with Gasteiger partial charge in [-0.3, -0.25) is 0 Å². The Bertz CT molecular complexity index is 356. The second kappa shape index (κ2) is 4.21. The number of halogens is 2. The first kappa shape index (κ1) is 10.5. The van der Waals surface area contributed by atoms with Crippen LogP contribution in [0.15, 0.2) is 16.6 Å². The van der Waals surface area contributed by atoms with Crippen molar-refractivity contribution in [3.05, 3.63) is 33.5 Å². The van der Waals surface area contributed by atoms with E-state index < -0.39 is 0 Å². The molecule has 0 bridgehead atoms. The minimum absolute atomic E-state index is 0.0527. The molecular weight excluding hydrogens is 265 g/mol. The first-order valence-corrected chi connectivity index (χ1v) is 6.45. The molecule has 2 N–H and O–H groups in total. The molecule has 1 aliphatic heterocycles. The number of thioether (sulfide) groups is 1. The lowest BCUT2D eigenvalue weighted by atomic mass is 10.0. The smallest absolute Gasteiger partial charge is 0.137 e. The number of hydrogen-bond acceptors (Lipinski definition) is 2. The van der Waals surface area contributed by atoms with Gasteiger partial charge in [0, 0.05) is 11.8 Å². The third kappa shape index (κ3) is 1.83. The summed E-state index contributed by atoms with van der Waals surface area (Å²) in [6, 6.07) is 3.35. The first-order valence-electron chi connectivity index (χ1n) is 4.50. The lowest BCUT2D eigenvalue weighted by Gasteiger charge is -2.13. The highest BCUT2D eigenvalue weighted by Gasteiger charge is 2.19. The van der Waals surface area contributed by atoms with Crippen LogP contribution in [-0.4, -0.2) is 5.75 Å². The summed E-state index contributed by atoms with van der Waals surface area (Å²) in [5.41, 5.74) is 8.12. The Kier molecular flexibility index (Phi) is 3.14. The lowest BCUT2D eigenvalue weighted by molar-refractivity contribution is 0.614. The summed E-state index contributed by atoms with van der Waals surface area (Å²) in [7, 11) is 0. The fourth-order valence-electron chi connectivity index (χ4n) is 1.64. The maximum atomic E-state index is 13.3. The molecule has 0 radical (unpaired) electrons. The largest absolute Gasteiger partial charge is 0.324 e. The van der Waals surface area contributed by atoms with Gasteiger partial charge in [-0.05, 0) is 45.3 Å². The summed E-state index contributed by atoms with van der Waals surface area (Å²) in [6.45, 7) is 0. The second-order valence-electron chi connectivity index (χ2n) is 3.38. The van der Waals surface area contributed by atoms with E-state index in [1.807, 2.05) is 17.8 Å². The minimum Gasteiger partial charge on any atom is -0.324 e. The van der Waals surface area contributed by atoms with Gasteiger partial charge in [-0.2, -0.15) is 11.8 Å². The Labute approximate surface area is 95.4 Å². The van der Waals surface area contributed by atoms with Crippen LogP contribution in [0.25, 0.3) is 0 Å². The van der Waals surface area contributed by atoms with Crippen LogP contribution < -0.4 is 5.73 Å². The van der Waals surface area contributed by atoms with Crippen LogP contribution in [-0.2, 0) is 5.75 Å². The van der Waals surface area contributed by atoms with Crippen molar-refractivity contribution < 1.29 is 4.39 Å². The highest BCUT2D eigenvalue weighted by molar-refractivity contribution is 9.10. The molecule has 0 aromatic heterocycles. The summed E-state index contributed by atoms with van der Waals surface area (Å²) in [4.78, 5) is 0. The molecule has 0 saturated carbocycles. The van der Waals surface area contributed by atoms with E-state index in [0.717, 1.165) is 29.1 Å². The molecule has 0 fully saturated rings. The predicted molar refractivity (Wildman–Crippen MR) is 61.8 cm³/mol. The van der Waals surface area contributed by atoms with Crippen molar-refractivity contribution in [1.82, 2.24) is 0 Å². The standard InChI is InChI=1S/C10H11BrFNS/c11-10-7-5-14-4-3-9(13)6(7)1-2-8(10)12/h1-2,9H,3-5,13H2. The van der Waals surface area contributed by atoms with E-state index in [0.29, 0.717) is 4.47 Å². The van der Waals surface area contributed by atoms with Crippen LogP contribution in [0.3, 0.4) is 0 Å². The van der Waals surface area contributed by atoms with Gasteiger partial charge in [0.1, 0.15) is 5.82 Å². The molecule has 0 saturated heterocycles. The molecule has 0 amide bonds. The molecule has 1 atom stereocenters. The van der Waals surface area contributed by atoms with Gasteiger partial charge in [-0.15, -0.1) is 0 Å². The van der Waals surface area contributed by atoms with E-state index >= 15 is 0 Å². The van der Waals surface area contributed by atoms with Crippen molar-refractivity contribution in [2.75, 3.05) is 5.75 Å². The zero-order chi connectivity index (χ0) is 10.1. The van der Waals surface area contributed by atoms with Gasteiger partial charge < -0.3 is 5.73 Å². The van der Waals surface area contributed by atoms with Crippen LogP contribution in [0, 0.1) is 5.82 Å². The van der Waals surface area contributed by atoms with Crippen molar-refractivity contribution in [1.29, 1.82) is 0 Å². The average molecular weight is 276 g/mol. The molecule has 1 aliphatic rings. The molecule has 76 valence electrons. The quantitative estimate of drug-likeness (QED) is 0.787. The monoisotopic (exact) mass is 275 g/mol. The zero-order valence-electron chi connectivity index (χ0n) is 7.59. The second-order valence-corrected chi connectivity index (χ2v) is 5.28. The lowest BCUT2D eigenvalue weighted by Crippen LogP contribution is -2.11. The molecule has 1 heterocycles. The van der Waals surface area contributed by atoms with Gasteiger partial charge >= 0.3 is 0 Å². The van der Waals surface area contributed by atoms with Gasteiger partial charge in [-0.25, -0.2) is 4.39 Å². The molecule has 1 aromatic rings. The molecule has 1 nitrogen and oxygen atoms in total. The molecule has 1 aromatic carbocycles. The van der Waals surface area contributed by atoms with E-state index in [1.54, 1.807) is 0 Å². The Morgan fingerprint density at radius 3 is 3.07 bits per heavy atom. The van der Waals surface area contributed by atoms with Gasteiger partial charge in [0.15, 0.2) is 0 Å². The fraction of sp³-hybridized carbons (Fsp3) is 0.400. The molecule has 0 spiro atoms. The zero-order valence-corrected chi connectivity index (χ0v) is 10.00. The van der Waals surface area contributed by atoms with E-state index in [-0.39, 0.29) is 11.9 Å². The molecule has 1 unspecified atom stereocenters. The maximum absolute atomic E-state index is 13.3. The van der Waals surface area contributed by atoms with Crippen molar-refractivity contribution in [2.24, 2.45) is 5.73 Å². The van der Waals surface area contributed by atoms with E-state index in [2.05, 4.69) is 15.9 Å². The summed E-state index contributed by atoms with van der Waals surface area (Å²) in [5.74, 6) is 1.70. The van der Waals surface area contributed by atoms with Crippen molar-refractivity contribution >= 4 is 27.7 Å². The Hall–Kier alpha value is -0.0600. The van der Waals surface area contributed by atoms with Gasteiger partial charge in [0.2, 0.25) is 0 Å². The van der Waals surface area contributed by atoms with Gasteiger partial charge in [0.25, 0.3) is 0 Å². The van der Waals surface area contributed by atoms with Crippen molar-refractivity contribution in [3.63, 3.8) is 0 Å². The summed E-state index contributed by atoms with van der Waals surface area (Å²) in [6.07, 6.45) is 0.968. The number of fused-ring (bicyclic) bond motifs is 1. The molecular formula is C10H11BrFNS. The predicted octanol–water partition coefficient (Wildman–Crippen LogP) is 3.22. The highest BCUT2D eigenvalue weighted by Crippen LogP contribution is 2.34. The Balaban J connectivity index is 2.53. The van der Waals surface area contributed by atoms with E-state index in [1.165, 1.54) is 6.07 Å². The van der Waals surface area contributed by atoms with Crippen LogP contribution in [0.5, 0.6) is 0 Å². The fourth-order valence-corrected chi connectivity index (χ4v) is 3.41. The van der Waals surface area contributed by atoms with Gasteiger partial charge in [0.05, 0.1) is 4.47 Å². The molecule has 2 rings (SSSR count). The molecule has 0 aliphatic carbocycles. The Morgan fingerprint density at radius 2 is 2.29 bits per heavy atom. The highest BCUT2D eigenvalue weighted by atomic mass is 79.9. The SMILES string of the molecule is NC1CCSCc2c1ccc(F)c2Br. The van der Waals surface area contributed by atoms with Crippen molar-refractivity contribution in [3.8, 4) is 0 Å². The van der Waals surface area contributed by atoms with E-state index in [9.17, 15) is 4.39 Å². The average Bonchev–Trinajstić information content (AvgIpc) is 2.35. The summed E-state index contributed by atoms with van der Waals surface area (Å²) >= 11 is 5.09. The molecule has 14 heavy (non-hydrogen) atoms. The third-order valence-electron chi connectivity index (χ3n) is 2.45. The van der Waals surface area contributed by atoms with Crippen LogP contribution >= 0.6 is 27.7 Å². The summed E-state index contributed by atoms with van der Waals surface area (Å²) in [5, 5.41) is 0. The number of rotatable bonds is 0. The summed E-state index contributed by atoms with van der Waals surface area (Å²) < 4.78 is 13.9. The number of hydrogen-bond donors (Lipinski definition) is 1. The third-order valence-corrected chi connectivity index (χ3v) is 4.33. The van der Waals surface area contributed by atoms with Gasteiger partial charge in [-0.1, -0.05) is 6.07 Å². The van der Waals surface area contributed by atoms with E-state index in [4.69, 9.17) is 5.73 Å². The molecule has 4 heteroatoms. The van der Waals surface area contributed by atoms with Crippen LogP contribution in [0.2, 0.25) is 0 Å². The topological polar surface area (TPSA) is 26.0 Å². The maximum Gasteiger partial charge on any atom is 0.137 e. The number of benzene rings is 1. The normalized spacial score (nSPS) is 21.5. The Morgan fingerprint density at radius 1 is 1.50 bits per heavy atom. The van der Waals surface area contributed by atoms with Crippen LogP contribution in [0.1, 0.15) is 23.6 Å². The minimum atomic E-state index is -0.196. The van der Waals surface area contributed by atoms with Crippen molar-refractivity contribution in [2.45, 2.75) is 18.2 Å². The first-order chi connectivity index (χ1) is 6.70. The number of nitrogens with two attached hydrogens (primary N) is 1.